The minimum absolute atomic E-state index is 0.214. The van der Waals surface area contributed by atoms with Crippen LogP contribution in [0.15, 0.2) is 0 Å². The Hall–Kier alpha value is -2.12. The maximum atomic E-state index is 10.8. The molecule has 0 saturated carbocycles. The van der Waals surface area contributed by atoms with Gasteiger partial charge in [0.15, 0.2) is 0 Å². The van der Waals surface area contributed by atoms with E-state index in [-0.39, 0.29) is 18.9 Å². The fourth-order valence-corrected chi connectivity index (χ4v) is 1.87. The van der Waals surface area contributed by atoms with Gasteiger partial charge < -0.3 is 20.1 Å². The molecule has 1 fully saturated rings. The summed E-state index contributed by atoms with van der Waals surface area (Å²) < 4.78 is 1.61. The highest BCUT2D eigenvalue weighted by molar-refractivity contribution is 5.75. The van der Waals surface area contributed by atoms with Gasteiger partial charge in [0.25, 0.3) is 0 Å². The molecule has 8 nitrogen and oxygen atoms in total. The average Bonchev–Trinajstić information content (AvgIpc) is 2.43. The van der Waals surface area contributed by atoms with Crippen molar-refractivity contribution in [1.82, 2.24) is 9.55 Å². The number of carbonyl (C=O) groups is 1. The van der Waals surface area contributed by atoms with Crippen LogP contribution in [0.2, 0.25) is 0 Å². The quantitative estimate of drug-likeness (QED) is 0.596. The van der Waals surface area contributed by atoms with Crippen molar-refractivity contribution in [3.63, 3.8) is 0 Å². The van der Waals surface area contributed by atoms with Gasteiger partial charge in [-0.2, -0.15) is 0 Å². The maximum absolute atomic E-state index is 10.8. The third-order valence-corrected chi connectivity index (χ3v) is 2.97. The van der Waals surface area contributed by atoms with E-state index in [9.17, 15) is 14.9 Å². The monoisotopic (exact) mass is 240 g/mol. The molecule has 92 valence electrons. The van der Waals surface area contributed by atoms with E-state index in [4.69, 9.17) is 5.11 Å². The van der Waals surface area contributed by atoms with E-state index in [2.05, 4.69) is 4.98 Å². The maximum Gasteiger partial charge on any atom is 0.406 e. The first kappa shape index (κ1) is 11.4. The average molecular weight is 240 g/mol. The molecule has 0 spiro atoms. The second-order valence-corrected chi connectivity index (χ2v) is 4.06. The Labute approximate surface area is 96.6 Å². The lowest BCUT2D eigenvalue weighted by Crippen LogP contribution is -2.51. The number of nitro groups is 1. The number of carboxylic acids is 1. The van der Waals surface area contributed by atoms with Gasteiger partial charge in [-0.15, -0.1) is 0 Å². The number of hydrogen-bond acceptors (Lipinski definition) is 5. The fourth-order valence-electron chi connectivity index (χ4n) is 1.87. The second kappa shape index (κ2) is 3.72. The van der Waals surface area contributed by atoms with Gasteiger partial charge in [0.1, 0.15) is 0 Å². The Morgan fingerprint density at radius 1 is 1.59 bits per heavy atom. The number of aromatic nitrogens is 2. The van der Waals surface area contributed by atoms with E-state index < -0.39 is 16.8 Å². The highest BCUT2D eigenvalue weighted by atomic mass is 16.6. The summed E-state index contributed by atoms with van der Waals surface area (Å²) in [7, 11) is 1.68. The van der Waals surface area contributed by atoms with Crippen molar-refractivity contribution >= 4 is 17.6 Å². The zero-order valence-corrected chi connectivity index (χ0v) is 9.45. The molecule has 0 radical (unpaired) electrons. The minimum atomic E-state index is -0.872. The SMILES string of the molecule is Cc1nc([N+](=O)[O-])c(N2CC(C(=O)O)C2)n1C. The number of aryl methyl sites for hydroxylation is 1. The highest BCUT2D eigenvalue weighted by Crippen LogP contribution is 2.32. The lowest BCUT2D eigenvalue weighted by atomic mass is 10.0. The summed E-state index contributed by atoms with van der Waals surface area (Å²) in [5.74, 6) is -0.628. The van der Waals surface area contributed by atoms with Crippen LogP contribution >= 0.6 is 0 Å². The number of nitrogens with zero attached hydrogens (tertiary/aromatic N) is 4. The Morgan fingerprint density at radius 2 is 2.18 bits per heavy atom. The first-order valence-corrected chi connectivity index (χ1v) is 5.07. The molecule has 2 heterocycles. The summed E-state index contributed by atoms with van der Waals surface area (Å²) in [5.41, 5.74) is 0. The topological polar surface area (TPSA) is 102 Å². The van der Waals surface area contributed by atoms with Crippen LogP contribution in [0.1, 0.15) is 5.82 Å². The summed E-state index contributed by atoms with van der Waals surface area (Å²) in [6, 6.07) is 0. The third kappa shape index (κ3) is 1.71. The van der Waals surface area contributed by atoms with Crippen molar-refractivity contribution in [1.29, 1.82) is 0 Å². The van der Waals surface area contributed by atoms with Gasteiger partial charge in [-0.1, -0.05) is 0 Å². The molecule has 1 aromatic rings. The number of hydrogen-bond donors (Lipinski definition) is 1. The highest BCUT2D eigenvalue weighted by Gasteiger charge is 2.39. The lowest BCUT2D eigenvalue weighted by molar-refractivity contribution is -0.388. The van der Waals surface area contributed by atoms with Gasteiger partial charge in [0.05, 0.1) is 5.92 Å². The van der Waals surface area contributed by atoms with Crippen molar-refractivity contribution < 1.29 is 14.8 Å². The first-order valence-electron chi connectivity index (χ1n) is 5.07. The molecule has 1 aliphatic heterocycles. The van der Waals surface area contributed by atoms with Crippen LogP contribution in [0.4, 0.5) is 11.6 Å². The molecular formula is C9H12N4O4. The van der Waals surface area contributed by atoms with Gasteiger partial charge in [-0.25, -0.2) is 0 Å². The summed E-state index contributed by atoms with van der Waals surface area (Å²) in [5, 5.41) is 19.6. The number of aliphatic carboxylic acids is 1. The third-order valence-electron chi connectivity index (χ3n) is 2.97. The summed E-state index contributed by atoms with van der Waals surface area (Å²) in [6.07, 6.45) is 0. The second-order valence-electron chi connectivity index (χ2n) is 4.06. The Bertz CT molecular complexity index is 489. The largest absolute Gasteiger partial charge is 0.481 e. The summed E-state index contributed by atoms with van der Waals surface area (Å²) >= 11 is 0. The van der Waals surface area contributed by atoms with E-state index in [1.165, 1.54) is 0 Å². The van der Waals surface area contributed by atoms with Crippen LogP contribution < -0.4 is 4.90 Å². The van der Waals surface area contributed by atoms with E-state index in [1.807, 2.05) is 0 Å². The number of carboxylic acid groups (broad SMARTS) is 1. The van der Waals surface area contributed by atoms with Crippen molar-refractivity contribution in [3.8, 4) is 0 Å². The molecule has 0 bridgehead atoms. The number of imidazole rings is 1. The molecule has 1 aromatic heterocycles. The van der Waals surface area contributed by atoms with Crippen LogP contribution in [-0.2, 0) is 11.8 Å². The first-order chi connectivity index (χ1) is 7.91. The van der Waals surface area contributed by atoms with Crippen molar-refractivity contribution in [3.05, 3.63) is 15.9 Å². The van der Waals surface area contributed by atoms with Crippen LogP contribution in [-0.4, -0.2) is 38.6 Å². The van der Waals surface area contributed by atoms with Crippen LogP contribution in [0.5, 0.6) is 0 Å². The lowest BCUT2D eigenvalue weighted by Gasteiger charge is -2.37. The van der Waals surface area contributed by atoms with Gasteiger partial charge in [-0.05, 0) is 9.91 Å². The normalized spacial score (nSPS) is 15.8. The Kier molecular flexibility index (Phi) is 2.49. The predicted molar refractivity (Wildman–Crippen MR) is 57.9 cm³/mol. The van der Waals surface area contributed by atoms with Crippen molar-refractivity contribution in [2.75, 3.05) is 18.0 Å². The van der Waals surface area contributed by atoms with Gasteiger partial charge in [0, 0.05) is 27.1 Å². The molecule has 0 unspecified atom stereocenters. The number of rotatable bonds is 3. The molecule has 1 aliphatic rings. The van der Waals surface area contributed by atoms with Gasteiger partial charge >= 0.3 is 11.8 Å². The van der Waals surface area contributed by atoms with Crippen molar-refractivity contribution in [2.24, 2.45) is 13.0 Å². The molecule has 1 saturated heterocycles. The smallest absolute Gasteiger partial charge is 0.406 e. The molecule has 2 rings (SSSR count). The van der Waals surface area contributed by atoms with Gasteiger partial charge in [-0.3, -0.25) is 9.36 Å². The Morgan fingerprint density at radius 3 is 2.65 bits per heavy atom. The van der Waals surface area contributed by atoms with Crippen LogP contribution in [0, 0.1) is 23.0 Å². The molecule has 8 heteroatoms. The zero-order chi connectivity index (χ0) is 12.7. The zero-order valence-electron chi connectivity index (χ0n) is 9.45. The molecule has 0 atom stereocenters. The predicted octanol–water partition coefficient (Wildman–Crippen LogP) is 0.158. The van der Waals surface area contributed by atoms with E-state index in [0.717, 1.165) is 0 Å². The molecular weight excluding hydrogens is 228 g/mol. The fraction of sp³-hybridized carbons (Fsp3) is 0.556. The van der Waals surface area contributed by atoms with E-state index in [1.54, 1.807) is 23.4 Å². The molecule has 0 aromatic carbocycles. The molecule has 0 aliphatic carbocycles. The van der Waals surface area contributed by atoms with Crippen LogP contribution in [0.3, 0.4) is 0 Å². The molecule has 17 heavy (non-hydrogen) atoms. The van der Waals surface area contributed by atoms with E-state index in [0.29, 0.717) is 11.6 Å². The van der Waals surface area contributed by atoms with Gasteiger partial charge in [0.2, 0.25) is 11.6 Å². The molecule has 0 amide bonds. The van der Waals surface area contributed by atoms with E-state index >= 15 is 0 Å². The molecule has 1 N–H and O–H groups in total. The minimum Gasteiger partial charge on any atom is -0.481 e. The standard InChI is InChI=1S/C9H12N4O4/c1-5-10-7(13(16)17)8(11(5)2)12-3-6(4-12)9(14)15/h6H,3-4H2,1-2H3,(H,14,15). The van der Waals surface area contributed by atoms with Crippen LogP contribution in [0.25, 0.3) is 0 Å². The number of anilines is 1. The Balaban J connectivity index is 2.28. The summed E-state index contributed by atoms with van der Waals surface area (Å²) in [4.78, 5) is 26.5. The van der Waals surface area contributed by atoms with Crippen molar-refractivity contribution in [2.45, 2.75) is 6.92 Å². The summed E-state index contributed by atoms with van der Waals surface area (Å²) in [6.45, 7) is 2.25.